The van der Waals surface area contributed by atoms with E-state index in [1.807, 2.05) is 20.8 Å². The quantitative estimate of drug-likeness (QED) is 0.746. The maximum Gasteiger partial charge on any atom is 0.147 e. The van der Waals surface area contributed by atoms with E-state index in [0.29, 0.717) is 19.0 Å². The van der Waals surface area contributed by atoms with Gasteiger partial charge in [0.2, 0.25) is 0 Å². The predicted octanol–water partition coefficient (Wildman–Crippen LogP) is 0.307. The molecule has 0 aliphatic carbocycles. The molecule has 0 amide bonds. The highest BCUT2D eigenvalue weighted by molar-refractivity contribution is 4.87. The molecular formula is C11H21N3O3. The van der Waals surface area contributed by atoms with Gasteiger partial charge in [-0.3, -0.25) is 0 Å². The van der Waals surface area contributed by atoms with Crippen LogP contribution in [-0.2, 0) is 16.0 Å². The summed E-state index contributed by atoms with van der Waals surface area (Å²) in [7, 11) is 1.62. The first kappa shape index (κ1) is 14.1. The number of aromatic nitrogens is 3. The Labute approximate surface area is 102 Å². The summed E-state index contributed by atoms with van der Waals surface area (Å²) in [6.07, 6.45) is -0.609. The number of aliphatic hydroxyl groups excluding tert-OH is 1. The summed E-state index contributed by atoms with van der Waals surface area (Å²) in [4.78, 5) is 4.17. The second-order valence-electron chi connectivity index (χ2n) is 4.14. The average molecular weight is 243 g/mol. The van der Waals surface area contributed by atoms with Crippen LogP contribution >= 0.6 is 0 Å². The summed E-state index contributed by atoms with van der Waals surface area (Å²) in [5, 5.41) is 14.0. The number of hydrogen-bond acceptors (Lipinski definition) is 5. The van der Waals surface area contributed by atoms with Crippen molar-refractivity contribution in [1.29, 1.82) is 0 Å². The topological polar surface area (TPSA) is 69.4 Å². The zero-order valence-electron chi connectivity index (χ0n) is 10.9. The van der Waals surface area contributed by atoms with E-state index in [2.05, 4.69) is 10.1 Å². The molecule has 0 aromatic carbocycles. The number of ether oxygens (including phenoxy) is 2. The van der Waals surface area contributed by atoms with Crippen molar-refractivity contribution in [3.8, 4) is 0 Å². The molecule has 1 rings (SSSR count). The molecule has 17 heavy (non-hydrogen) atoms. The van der Waals surface area contributed by atoms with Crippen LogP contribution in [0.5, 0.6) is 0 Å². The zero-order chi connectivity index (χ0) is 12.8. The van der Waals surface area contributed by atoms with Gasteiger partial charge in [0.1, 0.15) is 11.6 Å². The minimum absolute atomic E-state index is 0.0202. The second kappa shape index (κ2) is 6.68. The molecule has 1 N–H and O–H groups in total. The van der Waals surface area contributed by atoms with Gasteiger partial charge in [0, 0.05) is 7.11 Å². The molecule has 6 nitrogen and oxygen atoms in total. The van der Waals surface area contributed by atoms with Crippen LogP contribution in [0.2, 0.25) is 0 Å². The van der Waals surface area contributed by atoms with E-state index in [1.165, 1.54) is 0 Å². The third-order valence-electron chi connectivity index (χ3n) is 2.32. The number of hydrogen-bond donors (Lipinski definition) is 1. The molecule has 0 aliphatic rings. The lowest BCUT2D eigenvalue weighted by molar-refractivity contribution is -0.0365. The Balaban J connectivity index is 2.34. The van der Waals surface area contributed by atoms with E-state index < -0.39 is 6.10 Å². The van der Waals surface area contributed by atoms with Crippen LogP contribution in [-0.4, -0.2) is 52.4 Å². The van der Waals surface area contributed by atoms with E-state index in [-0.39, 0.29) is 12.7 Å². The Hall–Kier alpha value is -0.980. The lowest BCUT2D eigenvalue weighted by atomic mass is 10.3. The zero-order valence-corrected chi connectivity index (χ0v) is 10.9. The standard InChI is InChI=1S/C11H21N3O3/c1-8(6-16-4)17-7-11(15)5-14-10(3)12-9(2)13-14/h8,11,15H,5-7H2,1-4H3. The summed E-state index contributed by atoms with van der Waals surface area (Å²) in [5.41, 5.74) is 0. The van der Waals surface area contributed by atoms with E-state index in [0.717, 1.165) is 5.82 Å². The lowest BCUT2D eigenvalue weighted by Crippen LogP contribution is -2.27. The van der Waals surface area contributed by atoms with Gasteiger partial charge >= 0.3 is 0 Å². The summed E-state index contributed by atoms with van der Waals surface area (Å²) >= 11 is 0. The number of aryl methyl sites for hydroxylation is 2. The lowest BCUT2D eigenvalue weighted by Gasteiger charge is -2.16. The van der Waals surface area contributed by atoms with Crippen molar-refractivity contribution in [2.75, 3.05) is 20.3 Å². The van der Waals surface area contributed by atoms with Crippen molar-refractivity contribution >= 4 is 0 Å². The summed E-state index contributed by atoms with van der Waals surface area (Å²) in [6, 6.07) is 0. The van der Waals surface area contributed by atoms with Gasteiger partial charge < -0.3 is 14.6 Å². The molecular weight excluding hydrogens is 222 g/mol. The molecule has 0 aliphatic heterocycles. The van der Waals surface area contributed by atoms with Gasteiger partial charge in [-0.15, -0.1) is 0 Å². The maximum absolute atomic E-state index is 9.80. The summed E-state index contributed by atoms with van der Waals surface area (Å²) < 4.78 is 12.1. The van der Waals surface area contributed by atoms with Crippen LogP contribution in [0.4, 0.5) is 0 Å². The monoisotopic (exact) mass is 243 g/mol. The van der Waals surface area contributed by atoms with Gasteiger partial charge in [-0.1, -0.05) is 0 Å². The fraction of sp³-hybridized carbons (Fsp3) is 0.818. The van der Waals surface area contributed by atoms with Crippen LogP contribution in [0.15, 0.2) is 0 Å². The molecule has 0 spiro atoms. The minimum atomic E-state index is -0.589. The first-order chi connectivity index (χ1) is 8.02. The fourth-order valence-electron chi connectivity index (χ4n) is 1.54. The first-order valence-electron chi connectivity index (χ1n) is 5.69. The summed E-state index contributed by atoms with van der Waals surface area (Å²) in [5.74, 6) is 1.51. The number of nitrogens with zero attached hydrogens (tertiary/aromatic N) is 3. The molecule has 1 heterocycles. The highest BCUT2D eigenvalue weighted by atomic mass is 16.5. The largest absolute Gasteiger partial charge is 0.389 e. The Kier molecular flexibility index (Phi) is 5.54. The van der Waals surface area contributed by atoms with Gasteiger partial charge in [-0.05, 0) is 20.8 Å². The SMILES string of the molecule is COCC(C)OCC(O)Cn1nc(C)nc1C. The van der Waals surface area contributed by atoms with Crippen LogP contribution in [0, 0.1) is 13.8 Å². The normalized spacial score (nSPS) is 14.9. The number of methoxy groups -OCH3 is 1. The summed E-state index contributed by atoms with van der Waals surface area (Å²) in [6.45, 7) is 6.78. The Morgan fingerprint density at radius 3 is 2.59 bits per heavy atom. The van der Waals surface area contributed by atoms with Crippen molar-refractivity contribution in [1.82, 2.24) is 14.8 Å². The van der Waals surface area contributed by atoms with Crippen LogP contribution in [0.25, 0.3) is 0 Å². The highest BCUT2D eigenvalue weighted by Crippen LogP contribution is 2.00. The molecule has 6 heteroatoms. The van der Waals surface area contributed by atoms with E-state index >= 15 is 0 Å². The molecule has 1 aromatic heterocycles. The Morgan fingerprint density at radius 2 is 2.06 bits per heavy atom. The predicted molar refractivity (Wildman–Crippen MR) is 62.8 cm³/mol. The molecule has 0 radical (unpaired) electrons. The van der Waals surface area contributed by atoms with Crippen molar-refractivity contribution in [2.45, 2.75) is 39.5 Å². The average Bonchev–Trinajstić information content (AvgIpc) is 2.55. The molecule has 0 fully saturated rings. The second-order valence-corrected chi connectivity index (χ2v) is 4.14. The molecule has 1 aromatic rings. The Morgan fingerprint density at radius 1 is 1.35 bits per heavy atom. The van der Waals surface area contributed by atoms with Gasteiger partial charge in [-0.25, -0.2) is 9.67 Å². The van der Waals surface area contributed by atoms with Gasteiger partial charge in [-0.2, -0.15) is 5.10 Å². The first-order valence-corrected chi connectivity index (χ1v) is 5.69. The third kappa shape index (κ3) is 4.80. The van der Waals surface area contributed by atoms with Crippen molar-refractivity contribution in [2.24, 2.45) is 0 Å². The fourth-order valence-corrected chi connectivity index (χ4v) is 1.54. The van der Waals surface area contributed by atoms with Crippen molar-refractivity contribution < 1.29 is 14.6 Å². The van der Waals surface area contributed by atoms with Gasteiger partial charge in [0.05, 0.1) is 32.0 Å². The van der Waals surface area contributed by atoms with Crippen molar-refractivity contribution in [3.63, 3.8) is 0 Å². The van der Waals surface area contributed by atoms with Crippen molar-refractivity contribution in [3.05, 3.63) is 11.6 Å². The Bertz CT molecular complexity index is 341. The molecule has 2 unspecified atom stereocenters. The molecule has 2 atom stereocenters. The maximum atomic E-state index is 9.80. The van der Waals surface area contributed by atoms with Gasteiger partial charge in [0.15, 0.2) is 0 Å². The minimum Gasteiger partial charge on any atom is -0.389 e. The van der Waals surface area contributed by atoms with Gasteiger partial charge in [0.25, 0.3) is 0 Å². The van der Waals surface area contributed by atoms with Crippen LogP contribution in [0.3, 0.4) is 0 Å². The van der Waals surface area contributed by atoms with E-state index in [9.17, 15) is 5.11 Å². The van der Waals surface area contributed by atoms with Crippen LogP contribution in [0.1, 0.15) is 18.6 Å². The highest BCUT2D eigenvalue weighted by Gasteiger charge is 2.11. The number of aliphatic hydroxyl groups is 1. The third-order valence-corrected chi connectivity index (χ3v) is 2.32. The van der Waals surface area contributed by atoms with Crippen LogP contribution < -0.4 is 0 Å². The molecule has 0 saturated carbocycles. The van der Waals surface area contributed by atoms with E-state index in [4.69, 9.17) is 9.47 Å². The number of rotatable bonds is 7. The molecule has 98 valence electrons. The van der Waals surface area contributed by atoms with E-state index in [1.54, 1.807) is 11.8 Å². The molecule has 0 saturated heterocycles. The molecule has 0 bridgehead atoms. The smallest absolute Gasteiger partial charge is 0.147 e.